The first-order chi connectivity index (χ1) is 13.6. The van der Waals surface area contributed by atoms with Gasteiger partial charge in [-0.2, -0.15) is 0 Å². The van der Waals surface area contributed by atoms with Crippen LogP contribution in [-0.4, -0.2) is 63.0 Å². The average molecular weight is 443 g/mol. The normalized spacial score (nSPS) is 16.8. The fourth-order valence-electron chi connectivity index (χ4n) is 2.87. The topological polar surface area (TPSA) is 139 Å². The zero-order valence-corrected chi connectivity index (χ0v) is 17.4. The molecule has 0 spiro atoms. The summed E-state index contributed by atoms with van der Waals surface area (Å²) >= 11 is 5.89. The third kappa shape index (κ3) is 6.75. The van der Waals surface area contributed by atoms with Crippen LogP contribution in [0.5, 0.6) is 0 Å². The number of amides is 3. The van der Waals surface area contributed by atoms with Crippen LogP contribution in [0.15, 0.2) is 29.7 Å². The number of carbonyl (C=O) groups excluding carboxylic acids is 3. The summed E-state index contributed by atoms with van der Waals surface area (Å²) in [5, 5.41) is 6.34. The highest BCUT2D eigenvalue weighted by Crippen LogP contribution is 2.20. The van der Waals surface area contributed by atoms with Gasteiger partial charge in [0, 0.05) is 30.3 Å². The van der Waals surface area contributed by atoms with Crippen molar-refractivity contribution < 1.29 is 22.8 Å². The molecule has 9 nitrogen and oxygen atoms in total. The zero-order chi connectivity index (χ0) is 21.6. The number of halogens is 1. The quantitative estimate of drug-likeness (QED) is 0.519. The van der Waals surface area contributed by atoms with E-state index in [4.69, 9.17) is 17.3 Å². The number of rotatable bonds is 7. The minimum Gasteiger partial charge on any atom is -0.398 e. The number of nitrogen functional groups attached to an aromatic ring is 1. The van der Waals surface area contributed by atoms with Crippen molar-refractivity contribution >= 4 is 44.8 Å². The van der Waals surface area contributed by atoms with E-state index in [1.54, 1.807) is 0 Å². The van der Waals surface area contributed by atoms with Gasteiger partial charge in [0.25, 0.3) is 5.91 Å². The van der Waals surface area contributed by atoms with E-state index in [2.05, 4.69) is 10.6 Å². The van der Waals surface area contributed by atoms with Gasteiger partial charge in [0.1, 0.15) is 6.04 Å². The van der Waals surface area contributed by atoms with Crippen LogP contribution in [0.1, 0.15) is 23.2 Å². The lowest BCUT2D eigenvalue weighted by atomic mass is 10.2. The van der Waals surface area contributed by atoms with Crippen LogP contribution in [0.25, 0.3) is 0 Å². The molecule has 0 bridgehead atoms. The summed E-state index contributed by atoms with van der Waals surface area (Å²) in [7, 11) is -3.26. The summed E-state index contributed by atoms with van der Waals surface area (Å²) in [5.41, 5.74) is 6.22. The number of sulfone groups is 1. The van der Waals surface area contributed by atoms with Crippen LogP contribution in [0.4, 0.5) is 5.69 Å². The van der Waals surface area contributed by atoms with Crippen molar-refractivity contribution in [3.63, 3.8) is 0 Å². The molecule has 0 saturated carbocycles. The molecule has 11 heteroatoms. The Labute approximate surface area is 174 Å². The molecule has 1 aliphatic rings. The Kier molecular flexibility index (Phi) is 7.63. The maximum Gasteiger partial charge on any atom is 0.251 e. The third-order valence-electron chi connectivity index (χ3n) is 4.28. The van der Waals surface area contributed by atoms with Crippen molar-refractivity contribution in [2.24, 2.45) is 0 Å². The zero-order valence-electron chi connectivity index (χ0n) is 15.9. The van der Waals surface area contributed by atoms with Gasteiger partial charge in [-0.15, -0.1) is 0 Å². The Morgan fingerprint density at radius 3 is 2.69 bits per heavy atom. The van der Waals surface area contributed by atoms with Gasteiger partial charge in [-0.25, -0.2) is 8.42 Å². The third-order valence-corrected chi connectivity index (χ3v) is 5.29. The molecule has 1 heterocycles. The molecule has 1 fully saturated rings. The van der Waals surface area contributed by atoms with Gasteiger partial charge < -0.3 is 21.3 Å². The predicted molar refractivity (Wildman–Crippen MR) is 110 cm³/mol. The Balaban J connectivity index is 1.88. The smallest absolute Gasteiger partial charge is 0.251 e. The summed E-state index contributed by atoms with van der Waals surface area (Å²) in [6.07, 6.45) is 3.53. The monoisotopic (exact) mass is 442 g/mol. The van der Waals surface area contributed by atoms with E-state index in [1.807, 2.05) is 0 Å². The number of benzene rings is 1. The van der Waals surface area contributed by atoms with Crippen molar-refractivity contribution in [2.75, 3.05) is 31.6 Å². The second-order valence-corrected chi connectivity index (χ2v) is 8.95. The van der Waals surface area contributed by atoms with E-state index in [-0.39, 0.29) is 35.5 Å². The lowest BCUT2D eigenvalue weighted by Crippen LogP contribution is -2.49. The Morgan fingerprint density at radius 2 is 2.03 bits per heavy atom. The highest BCUT2D eigenvalue weighted by Gasteiger charge is 2.33. The van der Waals surface area contributed by atoms with Gasteiger partial charge in [-0.05, 0) is 31.0 Å². The summed E-state index contributed by atoms with van der Waals surface area (Å²) in [5.74, 6) is -1.23. The molecule has 29 heavy (non-hydrogen) atoms. The van der Waals surface area contributed by atoms with Crippen LogP contribution in [-0.2, 0) is 19.4 Å². The van der Waals surface area contributed by atoms with Gasteiger partial charge in [-0.3, -0.25) is 14.4 Å². The molecule has 4 N–H and O–H groups in total. The molecule has 0 aromatic heterocycles. The van der Waals surface area contributed by atoms with Gasteiger partial charge in [-0.1, -0.05) is 17.7 Å². The summed E-state index contributed by atoms with van der Waals surface area (Å²) in [6.45, 7) is 0.178. The second-order valence-electron chi connectivity index (χ2n) is 6.61. The van der Waals surface area contributed by atoms with Crippen LogP contribution in [0, 0.1) is 0 Å². The molecule has 1 aliphatic heterocycles. The van der Waals surface area contributed by atoms with Gasteiger partial charge in [0.05, 0.1) is 17.3 Å². The van der Waals surface area contributed by atoms with Crippen molar-refractivity contribution in [2.45, 2.75) is 18.9 Å². The molecule has 0 radical (unpaired) electrons. The van der Waals surface area contributed by atoms with E-state index in [0.29, 0.717) is 25.1 Å². The van der Waals surface area contributed by atoms with E-state index in [0.717, 1.165) is 11.7 Å². The van der Waals surface area contributed by atoms with Gasteiger partial charge in [0.2, 0.25) is 11.8 Å². The largest absolute Gasteiger partial charge is 0.398 e. The minimum atomic E-state index is -3.26. The van der Waals surface area contributed by atoms with Gasteiger partial charge >= 0.3 is 0 Å². The average Bonchev–Trinajstić information content (AvgIpc) is 3.14. The summed E-state index contributed by atoms with van der Waals surface area (Å²) in [6, 6.07) is 3.75. The van der Waals surface area contributed by atoms with E-state index in [9.17, 15) is 22.8 Å². The van der Waals surface area contributed by atoms with Crippen molar-refractivity contribution in [1.29, 1.82) is 0 Å². The number of carbonyl (C=O) groups is 3. The van der Waals surface area contributed by atoms with Crippen LogP contribution in [0.2, 0.25) is 5.02 Å². The second kappa shape index (κ2) is 9.75. The van der Waals surface area contributed by atoms with Crippen LogP contribution >= 0.6 is 11.6 Å². The number of likely N-dealkylation sites (tertiary alicyclic amines) is 1. The highest BCUT2D eigenvalue weighted by atomic mass is 35.5. The summed E-state index contributed by atoms with van der Waals surface area (Å²) < 4.78 is 22.1. The van der Waals surface area contributed by atoms with Crippen molar-refractivity contribution in [3.8, 4) is 0 Å². The lowest BCUT2D eigenvalue weighted by molar-refractivity contribution is -0.137. The molecule has 0 unspecified atom stereocenters. The summed E-state index contributed by atoms with van der Waals surface area (Å²) in [4.78, 5) is 38.4. The Bertz CT molecular complexity index is 932. The number of nitrogens with zero attached hydrogens (tertiary/aromatic N) is 1. The molecule has 1 aromatic carbocycles. The standard InChI is InChI=1S/C18H23ClN4O5S/c1-29(27,28)9-3-7-21-18(26)15-4-2-8-23(15)16(24)11-22-17(25)12-5-6-14(20)13(19)10-12/h3,5-6,9-10,15H,2,4,7-8,11,20H2,1H3,(H,21,26)(H,22,25)/b9-3+/t15-/m1/s1. The van der Waals surface area contributed by atoms with Crippen molar-refractivity contribution in [1.82, 2.24) is 15.5 Å². The number of anilines is 1. The van der Waals surface area contributed by atoms with Gasteiger partial charge in [0.15, 0.2) is 9.84 Å². The van der Waals surface area contributed by atoms with Crippen LogP contribution in [0.3, 0.4) is 0 Å². The number of nitrogens with two attached hydrogens (primary N) is 1. The fraction of sp³-hybridized carbons (Fsp3) is 0.389. The number of hydrogen-bond donors (Lipinski definition) is 3. The molecule has 2 rings (SSSR count). The maximum absolute atomic E-state index is 12.5. The first kappa shape index (κ1) is 22.7. The molecule has 1 atom stereocenters. The van der Waals surface area contributed by atoms with E-state index in [1.165, 1.54) is 29.2 Å². The number of hydrogen-bond acceptors (Lipinski definition) is 6. The van der Waals surface area contributed by atoms with Crippen molar-refractivity contribution in [3.05, 3.63) is 40.3 Å². The molecule has 158 valence electrons. The first-order valence-electron chi connectivity index (χ1n) is 8.85. The fourth-order valence-corrected chi connectivity index (χ4v) is 3.49. The molecular weight excluding hydrogens is 420 g/mol. The predicted octanol–water partition coefficient (Wildman–Crippen LogP) is 0.318. The SMILES string of the molecule is CS(=O)(=O)/C=C/CNC(=O)[C@H]1CCCN1C(=O)CNC(=O)c1ccc(N)c(Cl)c1. The lowest BCUT2D eigenvalue weighted by Gasteiger charge is -2.24. The Hall–Kier alpha value is -2.59. The van der Waals surface area contributed by atoms with Crippen LogP contribution < -0.4 is 16.4 Å². The highest BCUT2D eigenvalue weighted by molar-refractivity contribution is 7.93. The van der Waals surface area contributed by atoms with E-state index < -0.39 is 21.8 Å². The molecule has 1 saturated heterocycles. The Morgan fingerprint density at radius 1 is 1.31 bits per heavy atom. The molecule has 0 aliphatic carbocycles. The minimum absolute atomic E-state index is 0.0407. The number of nitrogens with one attached hydrogen (secondary N) is 2. The molecule has 3 amide bonds. The van der Waals surface area contributed by atoms with E-state index >= 15 is 0 Å². The molecular formula is C18H23ClN4O5S. The first-order valence-corrected chi connectivity index (χ1v) is 11.2. The maximum atomic E-state index is 12.5. The molecule has 1 aromatic rings.